The molecule has 86 valence electrons. The molecule has 0 atom stereocenters. The van der Waals surface area contributed by atoms with Gasteiger partial charge in [-0.25, -0.2) is 4.79 Å². The second kappa shape index (κ2) is 4.56. The molecule has 0 saturated heterocycles. The zero-order valence-electron chi connectivity index (χ0n) is 9.45. The van der Waals surface area contributed by atoms with Crippen molar-refractivity contribution in [3.8, 4) is 5.75 Å². The van der Waals surface area contributed by atoms with E-state index in [1.165, 1.54) is 6.07 Å². The molecular weight excluding hydrogens is 204 g/mol. The number of phenolic OH excluding ortho intramolecular Hbond substituents is 1. The number of rotatable bonds is 2. The van der Waals surface area contributed by atoms with Crippen LogP contribution in [0.2, 0.25) is 0 Å². The number of carbonyl (C=O) groups excluding carboxylic acids is 1. The standard InChI is InChI=1S/C13H16O3/c1-2-16-13(15)10-7-9-5-3-4-6-11(9)12(14)8-10/h7-8,14H,2-6H2,1H3. The number of fused-ring (bicyclic) bond motifs is 1. The maximum absolute atomic E-state index is 11.5. The van der Waals surface area contributed by atoms with E-state index in [0.717, 1.165) is 36.8 Å². The summed E-state index contributed by atoms with van der Waals surface area (Å²) < 4.78 is 4.92. The number of hydrogen-bond donors (Lipinski definition) is 1. The fourth-order valence-corrected chi connectivity index (χ4v) is 2.18. The van der Waals surface area contributed by atoms with Crippen molar-refractivity contribution in [1.82, 2.24) is 0 Å². The Morgan fingerprint density at radius 1 is 1.38 bits per heavy atom. The van der Waals surface area contributed by atoms with E-state index in [9.17, 15) is 9.90 Å². The maximum Gasteiger partial charge on any atom is 0.338 e. The first-order valence-electron chi connectivity index (χ1n) is 5.74. The molecule has 0 spiro atoms. The minimum atomic E-state index is -0.355. The van der Waals surface area contributed by atoms with Gasteiger partial charge in [0.2, 0.25) is 0 Å². The topological polar surface area (TPSA) is 46.5 Å². The van der Waals surface area contributed by atoms with Gasteiger partial charge in [-0.05, 0) is 55.9 Å². The van der Waals surface area contributed by atoms with Crippen LogP contribution in [0, 0.1) is 0 Å². The minimum absolute atomic E-state index is 0.236. The summed E-state index contributed by atoms with van der Waals surface area (Å²) in [5, 5.41) is 9.85. The largest absolute Gasteiger partial charge is 0.508 e. The Balaban J connectivity index is 2.35. The van der Waals surface area contributed by atoms with Crippen molar-refractivity contribution < 1.29 is 14.6 Å². The summed E-state index contributed by atoms with van der Waals surface area (Å²) in [5.74, 6) is -0.119. The summed E-state index contributed by atoms with van der Waals surface area (Å²) >= 11 is 0. The third kappa shape index (κ3) is 2.03. The molecule has 1 aliphatic carbocycles. The van der Waals surface area contributed by atoms with Crippen molar-refractivity contribution >= 4 is 5.97 Å². The Hall–Kier alpha value is -1.51. The lowest BCUT2D eigenvalue weighted by Gasteiger charge is -2.17. The van der Waals surface area contributed by atoms with E-state index in [-0.39, 0.29) is 11.7 Å². The highest BCUT2D eigenvalue weighted by atomic mass is 16.5. The molecule has 0 aromatic heterocycles. The van der Waals surface area contributed by atoms with Crippen LogP contribution in [0.3, 0.4) is 0 Å². The Kier molecular flexibility index (Phi) is 3.13. The Morgan fingerprint density at radius 3 is 2.88 bits per heavy atom. The number of benzene rings is 1. The first kappa shape index (κ1) is 11.0. The molecule has 0 fully saturated rings. The van der Waals surface area contributed by atoms with Crippen molar-refractivity contribution in [2.45, 2.75) is 32.6 Å². The lowest BCUT2D eigenvalue weighted by molar-refractivity contribution is 0.0525. The average molecular weight is 220 g/mol. The molecule has 1 N–H and O–H groups in total. The maximum atomic E-state index is 11.5. The Labute approximate surface area is 95.0 Å². The molecule has 3 nitrogen and oxygen atoms in total. The number of esters is 1. The molecule has 0 aliphatic heterocycles. The molecule has 1 aliphatic rings. The van der Waals surface area contributed by atoms with Crippen LogP contribution in [0.1, 0.15) is 41.3 Å². The molecular formula is C13H16O3. The van der Waals surface area contributed by atoms with Crippen molar-refractivity contribution in [1.29, 1.82) is 0 Å². The van der Waals surface area contributed by atoms with Gasteiger partial charge in [-0.15, -0.1) is 0 Å². The third-order valence-corrected chi connectivity index (χ3v) is 2.95. The van der Waals surface area contributed by atoms with Crippen LogP contribution in [-0.4, -0.2) is 17.7 Å². The predicted molar refractivity (Wildman–Crippen MR) is 60.7 cm³/mol. The molecule has 0 radical (unpaired) electrons. The summed E-state index contributed by atoms with van der Waals surface area (Å²) in [6.07, 6.45) is 4.08. The van der Waals surface area contributed by atoms with Gasteiger partial charge in [-0.1, -0.05) is 0 Å². The summed E-state index contributed by atoms with van der Waals surface area (Å²) in [7, 11) is 0. The zero-order chi connectivity index (χ0) is 11.5. The Morgan fingerprint density at radius 2 is 2.12 bits per heavy atom. The van der Waals surface area contributed by atoms with Crippen LogP contribution in [-0.2, 0) is 17.6 Å². The molecule has 1 aromatic rings. The second-order valence-electron chi connectivity index (χ2n) is 4.06. The van der Waals surface area contributed by atoms with Crippen molar-refractivity contribution in [2.24, 2.45) is 0 Å². The van der Waals surface area contributed by atoms with Crippen molar-refractivity contribution in [3.63, 3.8) is 0 Å². The fourth-order valence-electron chi connectivity index (χ4n) is 2.18. The third-order valence-electron chi connectivity index (χ3n) is 2.95. The molecule has 16 heavy (non-hydrogen) atoms. The normalized spacial score (nSPS) is 14.3. The van der Waals surface area contributed by atoms with Gasteiger partial charge in [0.05, 0.1) is 12.2 Å². The predicted octanol–water partition coefficient (Wildman–Crippen LogP) is 2.45. The van der Waals surface area contributed by atoms with Crippen LogP contribution in [0.4, 0.5) is 0 Å². The van der Waals surface area contributed by atoms with Gasteiger partial charge in [0.15, 0.2) is 0 Å². The number of hydrogen-bond acceptors (Lipinski definition) is 3. The minimum Gasteiger partial charge on any atom is -0.508 e. The number of phenols is 1. The molecule has 0 bridgehead atoms. The lowest BCUT2D eigenvalue weighted by atomic mass is 9.89. The van der Waals surface area contributed by atoms with Gasteiger partial charge < -0.3 is 9.84 Å². The van der Waals surface area contributed by atoms with Gasteiger partial charge in [0.1, 0.15) is 5.75 Å². The quantitative estimate of drug-likeness (QED) is 0.779. The van der Waals surface area contributed by atoms with E-state index in [1.807, 2.05) is 6.07 Å². The molecule has 0 saturated carbocycles. The van der Waals surface area contributed by atoms with E-state index >= 15 is 0 Å². The smallest absolute Gasteiger partial charge is 0.338 e. The van der Waals surface area contributed by atoms with E-state index in [2.05, 4.69) is 0 Å². The van der Waals surface area contributed by atoms with Crippen LogP contribution in [0.15, 0.2) is 12.1 Å². The molecule has 0 amide bonds. The fraction of sp³-hybridized carbons (Fsp3) is 0.462. The van der Waals surface area contributed by atoms with Gasteiger partial charge in [-0.3, -0.25) is 0 Å². The van der Waals surface area contributed by atoms with E-state index < -0.39 is 0 Å². The molecule has 1 aromatic carbocycles. The SMILES string of the molecule is CCOC(=O)c1cc(O)c2c(c1)CCCC2. The number of aryl methyl sites for hydroxylation is 1. The van der Waals surface area contributed by atoms with E-state index in [0.29, 0.717) is 12.2 Å². The summed E-state index contributed by atoms with van der Waals surface area (Å²) in [5.41, 5.74) is 2.55. The highest BCUT2D eigenvalue weighted by Gasteiger charge is 2.17. The van der Waals surface area contributed by atoms with Crippen LogP contribution in [0.25, 0.3) is 0 Å². The first-order chi connectivity index (χ1) is 7.72. The molecule has 3 heteroatoms. The van der Waals surface area contributed by atoms with Crippen LogP contribution >= 0.6 is 0 Å². The molecule has 0 unspecified atom stereocenters. The molecule has 0 heterocycles. The monoisotopic (exact) mass is 220 g/mol. The number of carbonyl (C=O) groups is 1. The summed E-state index contributed by atoms with van der Waals surface area (Å²) in [6, 6.07) is 3.37. The number of ether oxygens (including phenoxy) is 1. The summed E-state index contributed by atoms with van der Waals surface area (Å²) in [6.45, 7) is 2.13. The second-order valence-corrected chi connectivity index (χ2v) is 4.06. The van der Waals surface area contributed by atoms with E-state index in [4.69, 9.17) is 4.74 Å². The summed E-state index contributed by atoms with van der Waals surface area (Å²) in [4.78, 5) is 11.5. The van der Waals surface area contributed by atoms with Gasteiger partial charge >= 0.3 is 5.97 Å². The van der Waals surface area contributed by atoms with Crippen LogP contribution in [0.5, 0.6) is 5.75 Å². The number of aromatic hydroxyl groups is 1. The van der Waals surface area contributed by atoms with E-state index in [1.54, 1.807) is 6.92 Å². The van der Waals surface area contributed by atoms with Gasteiger partial charge in [0.25, 0.3) is 0 Å². The molecule has 2 rings (SSSR count). The Bertz CT molecular complexity index is 410. The lowest BCUT2D eigenvalue weighted by Crippen LogP contribution is -2.09. The highest BCUT2D eigenvalue weighted by Crippen LogP contribution is 2.30. The van der Waals surface area contributed by atoms with Crippen molar-refractivity contribution in [3.05, 3.63) is 28.8 Å². The first-order valence-corrected chi connectivity index (χ1v) is 5.74. The van der Waals surface area contributed by atoms with Crippen LogP contribution < -0.4 is 0 Å². The average Bonchev–Trinajstić information content (AvgIpc) is 2.29. The zero-order valence-corrected chi connectivity index (χ0v) is 9.45. The van der Waals surface area contributed by atoms with Gasteiger partial charge in [0, 0.05) is 0 Å². The van der Waals surface area contributed by atoms with Crippen molar-refractivity contribution in [2.75, 3.05) is 6.61 Å². The van der Waals surface area contributed by atoms with Gasteiger partial charge in [-0.2, -0.15) is 0 Å². The highest BCUT2D eigenvalue weighted by molar-refractivity contribution is 5.90.